The Morgan fingerprint density at radius 3 is 3.09 bits per heavy atom. The summed E-state index contributed by atoms with van der Waals surface area (Å²) in [4.78, 5) is 14.9. The molecule has 1 atom stereocenters. The van der Waals surface area contributed by atoms with Crippen molar-refractivity contribution in [3.8, 4) is 0 Å². The van der Waals surface area contributed by atoms with Crippen molar-refractivity contribution >= 4 is 35.0 Å². The highest BCUT2D eigenvalue weighted by molar-refractivity contribution is 7.99. The quantitative estimate of drug-likeness (QED) is 0.504. The Labute approximate surface area is 74.7 Å². The van der Waals surface area contributed by atoms with Crippen molar-refractivity contribution in [2.75, 3.05) is 18.7 Å². The molecule has 0 spiro atoms. The molecule has 5 heteroatoms. The topological polar surface area (TPSA) is 23.6 Å². The predicted molar refractivity (Wildman–Crippen MR) is 48.3 cm³/mol. The summed E-state index contributed by atoms with van der Waals surface area (Å²) in [5.74, 6) is 1.92. The fourth-order valence-electron chi connectivity index (χ4n) is 1.35. The predicted octanol–water partition coefficient (Wildman–Crippen LogP) is 0.118. The molecule has 0 N–H and O–H groups in total. The molecule has 11 heavy (non-hydrogen) atoms. The first-order valence-electron chi connectivity index (χ1n) is 3.37. The summed E-state index contributed by atoms with van der Waals surface area (Å²) in [7, 11) is 1.74. The molecule has 2 heterocycles. The third-order valence-electron chi connectivity index (χ3n) is 2.03. The number of thiocarbonyl (C=S) groups is 1. The highest BCUT2D eigenvalue weighted by atomic mass is 32.2. The van der Waals surface area contributed by atoms with E-state index in [1.807, 2.05) is 4.90 Å². The van der Waals surface area contributed by atoms with E-state index in [2.05, 4.69) is 0 Å². The summed E-state index contributed by atoms with van der Waals surface area (Å²) in [6.07, 6.45) is 0. The first-order valence-corrected chi connectivity index (χ1v) is 4.94. The molecule has 0 saturated carbocycles. The number of carbonyl (C=O) groups excluding carboxylic acids is 1. The molecule has 0 bridgehead atoms. The second-order valence-electron chi connectivity index (χ2n) is 2.67. The molecule has 2 aliphatic rings. The van der Waals surface area contributed by atoms with E-state index >= 15 is 0 Å². The van der Waals surface area contributed by atoms with Crippen LogP contribution in [0.2, 0.25) is 0 Å². The van der Waals surface area contributed by atoms with Gasteiger partial charge in [0.25, 0.3) is 5.91 Å². The molecule has 60 valence electrons. The smallest absolute Gasteiger partial charge is 0.252 e. The van der Waals surface area contributed by atoms with E-state index < -0.39 is 0 Å². The first kappa shape index (κ1) is 7.36. The van der Waals surface area contributed by atoms with Gasteiger partial charge in [0.2, 0.25) is 0 Å². The first-order chi connectivity index (χ1) is 5.22. The lowest BCUT2D eigenvalue weighted by atomic mass is 10.3. The van der Waals surface area contributed by atoms with Gasteiger partial charge in [-0.15, -0.1) is 11.8 Å². The minimum atomic E-state index is 0.0394. The fraction of sp³-hybridized carbons (Fsp3) is 0.667. The highest BCUT2D eigenvalue weighted by Crippen LogP contribution is 2.28. The summed E-state index contributed by atoms with van der Waals surface area (Å²) >= 11 is 6.84. The minimum absolute atomic E-state index is 0.0394. The molecule has 0 aliphatic carbocycles. The van der Waals surface area contributed by atoms with Gasteiger partial charge in [-0.2, -0.15) is 0 Å². The van der Waals surface area contributed by atoms with E-state index in [4.69, 9.17) is 12.2 Å². The van der Waals surface area contributed by atoms with Crippen LogP contribution in [0.25, 0.3) is 0 Å². The number of thioether (sulfide) groups is 1. The Kier molecular flexibility index (Phi) is 1.57. The van der Waals surface area contributed by atoms with E-state index in [-0.39, 0.29) is 11.9 Å². The molecule has 2 aliphatic heterocycles. The molecule has 2 fully saturated rings. The van der Waals surface area contributed by atoms with Gasteiger partial charge < -0.3 is 4.90 Å². The van der Waals surface area contributed by atoms with E-state index in [0.29, 0.717) is 5.11 Å². The molecule has 0 aromatic heterocycles. The Bertz CT molecular complexity index is 209. The van der Waals surface area contributed by atoms with Gasteiger partial charge in [-0.1, -0.05) is 0 Å². The second-order valence-corrected chi connectivity index (χ2v) is 4.03. The summed E-state index contributed by atoms with van der Waals surface area (Å²) in [6, 6.07) is 0.0394. The van der Waals surface area contributed by atoms with E-state index in [1.165, 1.54) is 0 Å². The van der Waals surface area contributed by atoms with Crippen LogP contribution in [0.4, 0.5) is 0 Å². The Balaban J connectivity index is 2.30. The van der Waals surface area contributed by atoms with Crippen molar-refractivity contribution in [3.63, 3.8) is 0 Å². The van der Waals surface area contributed by atoms with Gasteiger partial charge in [0.1, 0.15) is 6.04 Å². The highest BCUT2D eigenvalue weighted by Gasteiger charge is 2.43. The van der Waals surface area contributed by atoms with E-state index in [1.54, 1.807) is 23.7 Å². The fourth-order valence-corrected chi connectivity index (χ4v) is 2.86. The number of hydrogen-bond acceptors (Lipinski definition) is 3. The lowest BCUT2D eigenvalue weighted by Crippen LogP contribution is -2.29. The van der Waals surface area contributed by atoms with Crippen LogP contribution in [0.1, 0.15) is 0 Å². The monoisotopic (exact) mass is 188 g/mol. The van der Waals surface area contributed by atoms with Gasteiger partial charge in [-0.25, -0.2) is 0 Å². The SMILES string of the molecule is CN1C(=O)[C@@H]2CSCN2C1=S. The van der Waals surface area contributed by atoms with Gasteiger partial charge in [0, 0.05) is 12.8 Å². The number of rotatable bonds is 0. The molecule has 0 aromatic rings. The lowest BCUT2D eigenvalue weighted by molar-refractivity contribution is -0.126. The Hall–Kier alpha value is -0.290. The second kappa shape index (κ2) is 2.35. The van der Waals surface area contributed by atoms with Gasteiger partial charge in [0.05, 0.1) is 5.88 Å². The average Bonchev–Trinajstić information content (AvgIpc) is 2.53. The number of fused-ring (bicyclic) bond motifs is 1. The van der Waals surface area contributed by atoms with Crippen LogP contribution in [-0.2, 0) is 4.79 Å². The average molecular weight is 188 g/mol. The summed E-state index contributed by atoms with van der Waals surface area (Å²) in [5, 5.41) is 0.685. The van der Waals surface area contributed by atoms with Crippen molar-refractivity contribution in [2.45, 2.75) is 6.04 Å². The Morgan fingerprint density at radius 2 is 2.45 bits per heavy atom. The van der Waals surface area contributed by atoms with Gasteiger partial charge in [-0.05, 0) is 12.2 Å². The van der Waals surface area contributed by atoms with Crippen molar-refractivity contribution < 1.29 is 4.79 Å². The number of likely N-dealkylation sites (N-methyl/N-ethyl adjacent to an activating group) is 1. The van der Waals surface area contributed by atoms with Crippen molar-refractivity contribution in [1.82, 2.24) is 9.80 Å². The van der Waals surface area contributed by atoms with Crippen molar-refractivity contribution in [2.24, 2.45) is 0 Å². The Morgan fingerprint density at radius 1 is 1.73 bits per heavy atom. The molecule has 0 aromatic carbocycles. The summed E-state index contributed by atoms with van der Waals surface area (Å²) in [5.41, 5.74) is 0. The zero-order valence-electron chi connectivity index (χ0n) is 6.11. The van der Waals surface area contributed by atoms with Crippen LogP contribution in [0.5, 0.6) is 0 Å². The normalized spacial score (nSPS) is 30.1. The number of hydrogen-bond donors (Lipinski definition) is 0. The third kappa shape index (κ3) is 0.873. The zero-order chi connectivity index (χ0) is 8.01. The van der Waals surface area contributed by atoms with Crippen molar-refractivity contribution in [1.29, 1.82) is 0 Å². The lowest BCUT2D eigenvalue weighted by Gasteiger charge is -2.13. The summed E-state index contributed by atoms with van der Waals surface area (Å²) in [6.45, 7) is 0. The number of amides is 1. The minimum Gasteiger partial charge on any atom is -0.327 e. The third-order valence-corrected chi connectivity index (χ3v) is 3.55. The zero-order valence-corrected chi connectivity index (χ0v) is 7.74. The molecule has 0 unspecified atom stereocenters. The van der Waals surface area contributed by atoms with E-state index in [0.717, 1.165) is 11.6 Å². The molecule has 2 saturated heterocycles. The maximum atomic E-state index is 11.4. The van der Waals surface area contributed by atoms with Crippen molar-refractivity contribution in [3.05, 3.63) is 0 Å². The van der Waals surface area contributed by atoms with Crippen LogP contribution in [-0.4, -0.2) is 45.5 Å². The number of nitrogens with zero attached hydrogens (tertiary/aromatic N) is 2. The number of carbonyl (C=O) groups is 1. The van der Waals surface area contributed by atoms with Crippen LogP contribution in [0, 0.1) is 0 Å². The molecule has 0 radical (unpaired) electrons. The van der Waals surface area contributed by atoms with Crippen LogP contribution >= 0.6 is 24.0 Å². The standard InChI is InChI=1S/C6H8N2OS2/c1-7-5(9)4-2-11-3-8(4)6(7)10/h4H,2-3H2,1H3/t4-/m0/s1. The molecule has 1 amide bonds. The molecular weight excluding hydrogens is 180 g/mol. The maximum Gasteiger partial charge on any atom is 0.252 e. The molecule has 3 nitrogen and oxygen atoms in total. The van der Waals surface area contributed by atoms with Gasteiger partial charge >= 0.3 is 0 Å². The molecular formula is C6H8N2OS2. The van der Waals surface area contributed by atoms with Gasteiger partial charge in [-0.3, -0.25) is 9.69 Å². The molecule has 2 rings (SSSR count). The van der Waals surface area contributed by atoms with Crippen LogP contribution < -0.4 is 0 Å². The summed E-state index contributed by atoms with van der Waals surface area (Å²) < 4.78 is 0. The van der Waals surface area contributed by atoms with Crippen LogP contribution in [0.3, 0.4) is 0 Å². The van der Waals surface area contributed by atoms with Gasteiger partial charge in [0.15, 0.2) is 5.11 Å². The van der Waals surface area contributed by atoms with Crippen LogP contribution in [0.15, 0.2) is 0 Å². The largest absolute Gasteiger partial charge is 0.327 e. The maximum absolute atomic E-state index is 11.4. The van der Waals surface area contributed by atoms with E-state index in [9.17, 15) is 4.79 Å².